The second-order valence-electron chi connectivity index (χ2n) is 9.15. The standard InChI is InChI=1S/C21H25F2N7O3S2/c1-11-25-16-14(17(26-11)19-27-28-20(34-19)18(22)23)7-13(35(32,33)29-21(2)3-4-21)8-15(16)30-6-5-24-12(9-30)10-31/h7-8,12,18,24,29,31H,3-6,9-10H2,1-2H3/t12-/m0/s1. The van der Waals surface area contributed by atoms with Gasteiger partial charge in [-0.2, -0.15) is 0 Å². The molecule has 1 aromatic carbocycles. The lowest BCUT2D eigenvalue weighted by Crippen LogP contribution is -2.52. The van der Waals surface area contributed by atoms with Crippen molar-refractivity contribution in [2.45, 2.75) is 49.6 Å². The highest BCUT2D eigenvalue weighted by atomic mass is 32.2. The maximum atomic E-state index is 13.3. The highest BCUT2D eigenvalue weighted by Crippen LogP contribution is 2.39. The van der Waals surface area contributed by atoms with Gasteiger partial charge in [0.2, 0.25) is 10.0 Å². The number of benzene rings is 1. The third-order valence-electron chi connectivity index (χ3n) is 6.20. The third kappa shape index (κ3) is 4.85. The average molecular weight is 526 g/mol. The van der Waals surface area contributed by atoms with E-state index in [2.05, 4.69) is 30.2 Å². The molecule has 3 aromatic rings. The van der Waals surface area contributed by atoms with Gasteiger partial charge in [0.25, 0.3) is 6.43 Å². The Balaban J connectivity index is 1.72. The Morgan fingerprint density at radius 1 is 1.31 bits per heavy atom. The Bertz CT molecular complexity index is 1380. The molecule has 10 nitrogen and oxygen atoms in total. The first-order valence-corrected chi connectivity index (χ1v) is 13.5. The number of halogens is 2. The monoisotopic (exact) mass is 525 g/mol. The first-order valence-electron chi connectivity index (χ1n) is 11.2. The van der Waals surface area contributed by atoms with Crippen molar-refractivity contribution < 1.29 is 22.3 Å². The summed E-state index contributed by atoms with van der Waals surface area (Å²) >= 11 is 0.712. The zero-order valence-electron chi connectivity index (χ0n) is 19.1. The van der Waals surface area contributed by atoms with Crippen LogP contribution in [0.3, 0.4) is 0 Å². The number of hydrogen-bond donors (Lipinski definition) is 3. The van der Waals surface area contributed by atoms with Gasteiger partial charge in [-0.25, -0.2) is 31.9 Å². The van der Waals surface area contributed by atoms with E-state index < -0.39 is 27.0 Å². The smallest absolute Gasteiger partial charge is 0.291 e. The lowest BCUT2D eigenvalue weighted by molar-refractivity contribution is 0.150. The maximum Gasteiger partial charge on any atom is 0.291 e. The lowest BCUT2D eigenvalue weighted by Gasteiger charge is -2.35. The summed E-state index contributed by atoms with van der Waals surface area (Å²) < 4.78 is 55.9. The first-order chi connectivity index (χ1) is 16.6. The van der Waals surface area contributed by atoms with Gasteiger partial charge in [0.15, 0.2) is 10.0 Å². The minimum atomic E-state index is -3.89. The van der Waals surface area contributed by atoms with Crippen molar-refractivity contribution in [3.8, 4) is 10.7 Å². The minimum Gasteiger partial charge on any atom is -0.395 e. The van der Waals surface area contributed by atoms with Gasteiger partial charge < -0.3 is 15.3 Å². The van der Waals surface area contributed by atoms with Crippen LogP contribution in [0.25, 0.3) is 21.6 Å². The molecule has 0 radical (unpaired) electrons. The normalized spacial score (nSPS) is 20.1. The molecule has 2 aliphatic rings. The largest absolute Gasteiger partial charge is 0.395 e. The molecule has 0 bridgehead atoms. The molecule has 1 atom stereocenters. The number of sulfonamides is 1. The molecule has 5 rings (SSSR count). The summed E-state index contributed by atoms with van der Waals surface area (Å²) in [6.07, 6.45) is -1.28. The predicted molar refractivity (Wildman–Crippen MR) is 127 cm³/mol. The Labute approximate surface area is 204 Å². The van der Waals surface area contributed by atoms with Crippen LogP contribution in [0, 0.1) is 6.92 Å². The molecule has 3 heterocycles. The number of nitrogens with one attached hydrogen (secondary N) is 2. The van der Waals surface area contributed by atoms with Gasteiger partial charge in [-0.05, 0) is 38.8 Å². The van der Waals surface area contributed by atoms with Crippen molar-refractivity contribution in [3.63, 3.8) is 0 Å². The van der Waals surface area contributed by atoms with Crippen LogP contribution in [0.1, 0.15) is 37.0 Å². The van der Waals surface area contributed by atoms with Crippen LogP contribution in [0.4, 0.5) is 14.5 Å². The van der Waals surface area contributed by atoms with Gasteiger partial charge in [-0.1, -0.05) is 11.3 Å². The maximum absolute atomic E-state index is 13.3. The van der Waals surface area contributed by atoms with Gasteiger partial charge in [0.1, 0.15) is 11.5 Å². The number of aromatic nitrogens is 4. The number of alkyl halides is 2. The number of piperazine rings is 1. The molecular formula is C21H25F2N7O3S2. The Hall–Kier alpha value is -2.39. The number of anilines is 1. The molecule has 188 valence electrons. The third-order valence-corrected chi connectivity index (χ3v) is 8.76. The summed E-state index contributed by atoms with van der Waals surface area (Å²) in [5.41, 5.74) is 0.815. The first kappa shape index (κ1) is 24.3. The summed E-state index contributed by atoms with van der Waals surface area (Å²) in [6.45, 7) is 5.04. The van der Waals surface area contributed by atoms with E-state index in [1.165, 1.54) is 6.07 Å². The fourth-order valence-electron chi connectivity index (χ4n) is 4.12. The molecule has 14 heteroatoms. The van der Waals surface area contributed by atoms with Gasteiger partial charge >= 0.3 is 0 Å². The molecule has 2 fully saturated rings. The second-order valence-corrected chi connectivity index (χ2v) is 11.8. The lowest BCUT2D eigenvalue weighted by atomic mass is 10.1. The quantitative estimate of drug-likeness (QED) is 0.423. The fraction of sp³-hybridized carbons (Fsp3) is 0.524. The van der Waals surface area contributed by atoms with Gasteiger partial charge in [0, 0.05) is 36.6 Å². The molecule has 2 aromatic heterocycles. The van der Waals surface area contributed by atoms with E-state index in [0.29, 0.717) is 53.4 Å². The number of aryl methyl sites for hydroxylation is 1. The number of rotatable bonds is 7. The van der Waals surface area contributed by atoms with Crippen molar-refractivity contribution in [1.82, 2.24) is 30.2 Å². The van der Waals surface area contributed by atoms with E-state index in [-0.39, 0.29) is 28.2 Å². The minimum absolute atomic E-state index is 0.0273. The second kappa shape index (κ2) is 8.92. The van der Waals surface area contributed by atoms with E-state index in [9.17, 15) is 22.3 Å². The highest BCUT2D eigenvalue weighted by Gasteiger charge is 2.41. The van der Waals surface area contributed by atoms with E-state index in [4.69, 9.17) is 0 Å². The van der Waals surface area contributed by atoms with Crippen molar-refractivity contribution in [3.05, 3.63) is 23.0 Å². The van der Waals surface area contributed by atoms with E-state index in [0.717, 1.165) is 12.8 Å². The van der Waals surface area contributed by atoms with E-state index in [1.54, 1.807) is 13.0 Å². The van der Waals surface area contributed by atoms with Crippen LogP contribution in [0.2, 0.25) is 0 Å². The van der Waals surface area contributed by atoms with Crippen LogP contribution in [0.5, 0.6) is 0 Å². The molecular weight excluding hydrogens is 500 g/mol. The van der Waals surface area contributed by atoms with E-state index >= 15 is 0 Å². The topological polar surface area (TPSA) is 133 Å². The van der Waals surface area contributed by atoms with E-state index in [1.807, 2.05) is 11.8 Å². The number of fused-ring (bicyclic) bond motifs is 1. The van der Waals surface area contributed by atoms with Gasteiger partial charge in [-0.3, -0.25) is 0 Å². The summed E-state index contributed by atoms with van der Waals surface area (Å²) in [6, 6.07) is 2.86. The molecule has 1 saturated carbocycles. The number of hydrogen-bond acceptors (Lipinski definition) is 10. The number of nitrogens with zero attached hydrogens (tertiary/aromatic N) is 5. The fourth-order valence-corrected chi connectivity index (χ4v) is 6.33. The van der Waals surface area contributed by atoms with Gasteiger partial charge in [-0.15, -0.1) is 10.2 Å². The molecule has 35 heavy (non-hydrogen) atoms. The summed E-state index contributed by atoms with van der Waals surface area (Å²) in [5, 5.41) is 20.5. The number of aliphatic hydroxyl groups is 1. The molecule has 3 N–H and O–H groups in total. The zero-order valence-corrected chi connectivity index (χ0v) is 20.8. The highest BCUT2D eigenvalue weighted by molar-refractivity contribution is 7.89. The van der Waals surface area contributed by atoms with Crippen LogP contribution in [-0.4, -0.2) is 71.5 Å². The molecule has 1 saturated heterocycles. The van der Waals surface area contributed by atoms with Crippen molar-refractivity contribution in [2.75, 3.05) is 31.1 Å². The average Bonchev–Trinajstić information content (AvgIpc) is 3.32. The molecule has 1 aliphatic carbocycles. The Morgan fingerprint density at radius 3 is 2.74 bits per heavy atom. The van der Waals surface area contributed by atoms with Crippen molar-refractivity contribution in [1.29, 1.82) is 0 Å². The summed E-state index contributed by atoms with van der Waals surface area (Å²) in [4.78, 5) is 11.0. The summed E-state index contributed by atoms with van der Waals surface area (Å²) in [7, 11) is -3.89. The van der Waals surface area contributed by atoms with Crippen molar-refractivity contribution in [2.24, 2.45) is 0 Å². The molecule has 0 unspecified atom stereocenters. The predicted octanol–water partition coefficient (Wildman–Crippen LogP) is 2.00. The zero-order chi connectivity index (χ0) is 25.0. The molecule has 1 aliphatic heterocycles. The SMILES string of the molecule is Cc1nc(-c2nnc(C(F)F)s2)c2cc(S(=O)(=O)NC3(C)CC3)cc(N3CCN[C@H](CO)C3)c2n1. The van der Waals surface area contributed by atoms with Crippen LogP contribution >= 0.6 is 11.3 Å². The van der Waals surface area contributed by atoms with Crippen molar-refractivity contribution >= 4 is 38.0 Å². The Kier molecular flexibility index (Phi) is 6.20. The summed E-state index contributed by atoms with van der Waals surface area (Å²) in [5.74, 6) is 0.385. The van der Waals surface area contributed by atoms with Crippen LogP contribution in [0.15, 0.2) is 17.0 Å². The Morgan fingerprint density at radius 2 is 2.09 bits per heavy atom. The van der Waals surface area contributed by atoms with Gasteiger partial charge in [0.05, 0.1) is 22.7 Å². The number of aliphatic hydroxyl groups excluding tert-OH is 1. The van der Waals surface area contributed by atoms with Crippen LogP contribution in [-0.2, 0) is 10.0 Å². The van der Waals surface area contributed by atoms with Crippen LogP contribution < -0.4 is 14.9 Å². The molecule has 0 amide bonds. The molecule has 0 spiro atoms.